The number of amides is 1. The highest BCUT2D eigenvalue weighted by Gasteiger charge is 2.24. The third-order valence-electron chi connectivity index (χ3n) is 3.49. The molecule has 2 aromatic rings. The molecule has 1 N–H and O–H groups in total. The van der Waals surface area contributed by atoms with Gasteiger partial charge in [0, 0.05) is 10.6 Å². The van der Waals surface area contributed by atoms with E-state index in [1.165, 1.54) is 12.1 Å². The first-order valence-corrected chi connectivity index (χ1v) is 7.71. The minimum absolute atomic E-state index is 0.351. The van der Waals surface area contributed by atoms with Crippen molar-refractivity contribution in [3.63, 3.8) is 0 Å². The molecule has 0 saturated carbocycles. The zero-order valence-corrected chi connectivity index (χ0v) is 12.2. The van der Waals surface area contributed by atoms with E-state index in [9.17, 15) is 18.0 Å². The van der Waals surface area contributed by atoms with Crippen molar-refractivity contribution in [3.05, 3.63) is 65.0 Å². The van der Waals surface area contributed by atoms with Gasteiger partial charge in [-0.3, -0.25) is 4.79 Å². The maximum absolute atomic E-state index is 13.6. The van der Waals surface area contributed by atoms with Crippen LogP contribution < -0.4 is 5.32 Å². The third kappa shape index (κ3) is 2.97. The van der Waals surface area contributed by atoms with Crippen LogP contribution in [-0.4, -0.2) is 11.7 Å². The summed E-state index contributed by atoms with van der Waals surface area (Å²) in [6, 6.07) is 6.70. The molecular weight excluding hydrogens is 311 g/mol. The maximum atomic E-state index is 13.6. The Morgan fingerprint density at radius 3 is 2.64 bits per heavy atom. The largest absolute Gasteiger partial charge is 0.345 e. The second-order valence-electron chi connectivity index (χ2n) is 4.97. The summed E-state index contributed by atoms with van der Waals surface area (Å²) in [6.45, 7) is 0. The van der Waals surface area contributed by atoms with Crippen molar-refractivity contribution in [1.82, 2.24) is 5.32 Å². The van der Waals surface area contributed by atoms with Crippen molar-refractivity contribution in [3.8, 4) is 0 Å². The summed E-state index contributed by atoms with van der Waals surface area (Å²) >= 11 is 1.58. The SMILES string of the molecule is O=C(NC1CCSc2ccc(F)cc21)c1cc(F)ccc1F. The highest BCUT2D eigenvalue weighted by atomic mass is 32.2. The summed E-state index contributed by atoms with van der Waals surface area (Å²) in [7, 11) is 0. The lowest BCUT2D eigenvalue weighted by atomic mass is 10.0. The Morgan fingerprint density at radius 2 is 1.82 bits per heavy atom. The molecule has 1 unspecified atom stereocenters. The van der Waals surface area contributed by atoms with E-state index in [0.29, 0.717) is 12.0 Å². The van der Waals surface area contributed by atoms with Crippen molar-refractivity contribution in [2.45, 2.75) is 17.4 Å². The summed E-state index contributed by atoms with van der Waals surface area (Å²) in [4.78, 5) is 13.0. The lowest BCUT2D eigenvalue weighted by molar-refractivity contribution is 0.0930. The van der Waals surface area contributed by atoms with Gasteiger partial charge in [-0.05, 0) is 48.4 Å². The topological polar surface area (TPSA) is 29.1 Å². The lowest BCUT2D eigenvalue weighted by Crippen LogP contribution is -2.31. The molecular formula is C16H12F3NOS. The van der Waals surface area contributed by atoms with Gasteiger partial charge in [-0.2, -0.15) is 0 Å². The van der Waals surface area contributed by atoms with E-state index < -0.39 is 29.4 Å². The fourth-order valence-electron chi connectivity index (χ4n) is 2.42. The van der Waals surface area contributed by atoms with E-state index in [2.05, 4.69) is 5.32 Å². The van der Waals surface area contributed by atoms with Gasteiger partial charge in [-0.1, -0.05) is 0 Å². The fraction of sp³-hybridized carbons (Fsp3) is 0.188. The minimum atomic E-state index is -0.788. The summed E-state index contributed by atoms with van der Waals surface area (Å²) < 4.78 is 40.2. The van der Waals surface area contributed by atoms with Crippen LogP contribution in [0.15, 0.2) is 41.3 Å². The third-order valence-corrected chi connectivity index (χ3v) is 4.61. The van der Waals surface area contributed by atoms with Gasteiger partial charge in [-0.15, -0.1) is 11.8 Å². The monoisotopic (exact) mass is 323 g/mol. The van der Waals surface area contributed by atoms with Gasteiger partial charge in [0.2, 0.25) is 0 Å². The molecule has 0 fully saturated rings. The molecule has 3 rings (SSSR count). The van der Waals surface area contributed by atoms with E-state index in [-0.39, 0.29) is 5.56 Å². The second kappa shape index (κ2) is 6.04. The summed E-state index contributed by atoms with van der Waals surface area (Å²) in [6.07, 6.45) is 0.601. The first-order valence-electron chi connectivity index (χ1n) is 6.73. The Hall–Kier alpha value is -1.95. The van der Waals surface area contributed by atoms with Crippen molar-refractivity contribution < 1.29 is 18.0 Å². The molecule has 1 aliphatic heterocycles. The molecule has 1 amide bonds. The Balaban J connectivity index is 1.87. The van der Waals surface area contributed by atoms with Crippen molar-refractivity contribution in [2.75, 3.05) is 5.75 Å². The highest BCUT2D eigenvalue weighted by molar-refractivity contribution is 7.99. The van der Waals surface area contributed by atoms with Crippen LogP contribution in [0.2, 0.25) is 0 Å². The highest BCUT2D eigenvalue weighted by Crippen LogP contribution is 2.36. The first kappa shape index (κ1) is 15.0. The normalized spacial score (nSPS) is 17.0. The average Bonchev–Trinajstić information content (AvgIpc) is 2.50. The number of thioether (sulfide) groups is 1. The van der Waals surface area contributed by atoms with Gasteiger partial charge in [0.05, 0.1) is 11.6 Å². The Labute approximate surface area is 129 Å². The molecule has 0 saturated heterocycles. The lowest BCUT2D eigenvalue weighted by Gasteiger charge is -2.26. The first-order chi connectivity index (χ1) is 10.5. The quantitative estimate of drug-likeness (QED) is 0.902. The Kier molecular flexibility index (Phi) is 4.11. The minimum Gasteiger partial charge on any atom is -0.345 e. The van der Waals surface area contributed by atoms with E-state index in [1.807, 2.05) is 0 Å². The van der Waals surface area contributed by atoms with Crippen LogP contribution in [0, 0.1) is 17.5 Å². The van der Waals surface area contributed by atoms with E-state index in [0.717, 1.165) is 28.8 Å². The molecule has 22 heavy (non-hydrogen) atoms. The molecule has 2 nitrogen and oxygen atoms in total. The van der Waals surface area contributed by atoms with Crippen LogP contribution in [0.25, 0.3) is 0 Å². The Bertz CT molecular complexity index is 735. The van der Waals surface area contributed by atoms with Crippen LogP contribution in [0.1, 0.15) is 28.4 Å². The van der Waals surface area contributed by atoms with Crippen LogP contribution in [0.5, 0.6) is 0 Å². The standard InChI is InChI=1S/C16H12F3NOS/c17-9-1-3-13(19)11(7-9)16(21)20-14-5-6-22-15-4-2-10(18)8-12(14)15/h1-4,7-8,14H,5-6H2,(H,20,21). The van der Waals surface area contributed by atoms with E-state index in [4.69, 9.17) is 0 Å². The van der Waals surface area contributed by atoms with E-state index >= 15 is 0 Å². The molecule has 0 radical (unpaired) electrons. The van der Waals surface area contributed by atoms with Gasteiger partial charge in [0.15, 0.2) is 0 Å². The van der Waals surface area contributed by atoms with Crippen molar-refractivity contribution in [2.24, 2.45) is 0 Å². The smallest absolute Gasteiger partial charge is 0.254 e. The van der Waals surface area contributed by atoms with Crippen LogP contribution >= 0.6 is 11.8 Å². The Morgan fingerprint density at radius 1 is 1.09 bits per heavy atom. The van der Waals surface area contributed by atoms with Gasteiger partial charge < -0.3 is 5.32 Å². The number of rotatable bonds is 2. The fourth-order valence-corrected chi connectivity index (χ4v) is 3.53. The second-order valence-corrected chi connectivity index (χ2v) is 6.11. The van der Waals surface area contributed by atoms with E-state index in [1.54, 1.807) is 17.8 Å². The molecule has 0 aromatic heterocycles. The predicted molar refractivity (Wildman–Crippen MR) is 78.3 cm³/mol. The van der Waals surface area contributed by atoms with Gasteiger partial charge in [0.1, 0.15) is 17.5 Å². The average molecular weight is 323 g/mol. The number of halogens is 3. The zero-order chi connectivity index (χ0) is 15.7. The number of hydrogen-bond acceptors (Lipinski definition) is 2. The molecule has 1 aliphatic rings. The van der Waals surface area contributed by atoms with Gasteiger partial charge in [0.25, 0.3) is 5.91 Å². The number of fused-ring (bicyclic) bond motifs is 1. The zero-order valence-electron chi connectivity index (χ0n) is 11.4. The molecule has 6 heteroatoms. The predicted octanol–water partition coefficient (Wildman–Crippen LogP) is 4.07. The van der Waals surface area contributed by atoms with Gasteiger partial charge >= 0.3 is 0 Å². The number of hydrogen-bond donors (Lipinski definition) is 1. The summed E-state index contributed by atoms with van der Waals surface area (Å²) in [5, 5.41) is 2.66. The number of benzene rings is 2. The molecule has 114 valence electrons. The summed E-state index contributed by atoms with van der Waals surface area (Å²) in [5.41, 5.74) is 0.317. The number of nitrogens with one attached hydrogen (secondary N) is 1. The molecule has 0 aliphatic carbocycles. The van der Waals surface area contributed by atoms with Crippen LogP contribution in [-0.2, 0) is 0 Å². The summed E-state index contributed by atoms with van der Waals surface area (Å²) in [5.74, 6) is -1.81. The molecule has 0 bridgehead atoms. The molecule has 1 atom stereocenters. The van der Waals surface area contributed by atoms with Crippen molar-refractivity contribution in [1.29, 1.82) is 0 Å². The number of carbonyl (C=O) groups excluding carboxylic acids is 1. The number of carbonyl (C=O) groups is 1. The van der Waals surface area contributed by atoms with Crippen LogP contribution in [0.4, 0.5) is 13.2 Å². The van der Waals surface area contributed by atoms with Crippen LogP contribution in [0.3, 0.4) is 0 Å². The maximum Gasteiger partial charge on any atom is 0.254 e. The van der Waals surface area contributed by atoms with Gasteiger partial charge in [-0.25, -0.2) is 13.2 Å². The van der Waals surface area contributed by atoms with Crippen molar-refractivity contribution >= 4 is 17.7 Å². The molecule has 1 heterocycles. The molecule has 0 spiro atoms. The molecule has 2 aromatic carbocycles.